The third kappa shape index (κ3) is 5.31. The third-order valence-corrected chi connectivity index (χ3v) is 6.14. The number of rotatable bonds is 6. The van der Waals surface area contributed by atoms with E-state index in [-0.39, 0.29) is 5.91 Å². The maximum Gasteiger partial charge on any atom is 0.254 e. The number of amides is 1. The van der Waals surface area contributed by atoms with Crippen LogP contribution in [0.4, 0.5) is 0 Å². The molecule has 0 unspecified atom stereocenters. The number of ether oxygens (including phenoxy) is 1. The van der Waals surface area contributed by atoms with Gasteiger partial charge < -0.3 is 14.5 Å². The van der Waals surface area contributed by atoms with Gasteiger partial charge in [-0.15, -0.1) is 0 Å². The van der Waals surface area contributed by atoms with Crippen LogP contribution in [-0.4, -0.2) is 48.5 Å². The summed E-state index contributed by atoms with van der Waals surface area (Å²) in [7, 11) is 0. The number of hydrogen-bond donors (Lipinski definition) is 0. The van der Waals surface area contributed by atoms with E-state index in [4.69, 9.17) is 16.3 Å². The van der Waals surface area contributed by atoms with Crippen molar-refractivity contribution in [2.45, 2.75) is 38.6 Å². The van der Waals surface area contributed by atoms with Crippen LogP contribution in [-0.2, 0) is 13.0 Å². The Bertz CT molecular complexity index is 831. The summed E-state index contributed by atoms with van der Waals surface area (Å²) < 4.78 is 5.87. The van der Waals surface area contributed by atoms with E-state index >= 15 is 0 Å². The molecule has 1 fully saturated rings. The van der Waals surface area contributed by atoms with Gasteiger partial charge in [0, 0.05) is 30.2 Å². The van der Waals surface area contributed by atoms with Gasteiger partial charge >= 0.3 is 0 Å². The van der Waals surface area contributed by atoms with E-state index in [0.717, 1.165) is 43.3 Å². The van der Waals surface area contributed by atoms with Crippen molar-refractivity contribution >= 4 is 17.5 Å². The number of nitrogens with zero attached hydrogens (tertiary/aromatic N) is 2. The highest BCUT2D eigenvalue weighted by molar-refractivity contribution is 6.30. The zero-order valence-electron chi connectivity index (χ0n) is 16.9. The SMILES string of the molecule is O=C(c1ccc(OCCCN2CCCCC2)cc1)N1CCc2cc(Cl)ccc2C1. The van der Waals surface area contributed by atoms with Crippen LogP contribution in [0.3, 0.4) is 0 Å². The largest absolute Gasteiger partial charge is 0.494 e. The van der Waals surface area contributed by atoms with Crippen molar-refractivity contribution in [2.24, 2.45) is 0 Å². The number of benzene rings is 2. The second kappa shape index (κ2) is 9.64. The van der Waals surface area contributed by atoms with E-state index in [1.54, 1.807) is 0 Å². The van der Waals surface area contributed by atoms with Crippen LogP contribution < -0.4 is 4.74 Å². The summed E-state index contributed by atoms with van der Waals surface area (Å²) in [4.78, 5) is 17.3. The molecule has 0 saturated carbocycles. The summed E-state index contributed by atoms with van der Waals surface area (Å²) in [6.45, 7) is 5.64. The fraction of sp³-hybridized carbons (Fsp3) is 0.458. The average Bonchev–Trinajstić information content (AvgIpc) is 2.77. The molecule has 0 N–H and O–H groups in total. The van der Waals surface area contributed by atoms with Gasteiger partial charge in [-0.2, -0.15) is 0 Å². The summed E-state index contributed by atoms with van der Waals surface area (Å²) in [5.74, 6) is 0.904. The van der Waals surface area contributed by atoms with Crippen LogP contribution in [0.25, 0.3) is 0 Å². The molecule has 0 atom stereocenters. The molecule has 1 amide bonds. The van der Waals surface area contributed by atoms with E-state index in [1.165, 1.54) is 43.5 Å². The molecule has 29 heavy (non-hydrogen) atoms. The summed E-state index contributed by atoms with van der Waals surface area (Å²) in [6.07, 6.45) is 5.91. The van der Waals surface area contributed by atoms with Crippen LogP contribution in [0.1, 0.15) is 47.2 Å². The Labute approximate surface area is 178 Å². The molecule has 4 nitrogen and oxygen atoms in total. The maximum atomic E-state index is 12.9. The normalized spacial score (nSPS) is 17.1. The fourth-order valence-electron chi connectivity index (χ4n) is 4.23. The van der Waals surface area contributed by atoms with Crippen molar-refractivity contribution in [3.63, 3.8) is 0 Å². The zero-order chi connectivity index (χ0) is 20.1. The van der Waals surface area contributed by atoms with Gasteiger partial charge in [-0.25, -0.2) is 0 Å². The van der Waals surface area contributed by atoms with Crippen LogP contribution in [0.5, 0.6) is 5.75 Å². The lowest BCUT2D eigenvalue weighted by Crippen LogP contribution is -2.35. The quantitative estimate of drug-likeness (QED) is 0.639. The minimum atomic E-state index is 0.0715. The van der Waals surface area contributed by atoms with Crippen LogP contribution >= 0.6 is 11.6 Å². The lowest BCUT2D eigenvalue weighted by Gasteiger charge is -2.29. The van der Waals surface area contributed by atoms with Crippen LogP contribution in [0, 0.1) is 0 Å². The van der Waals surface area contributed by atoms with Crippen molar-refractivity contribution in [3.05, 3.63) is 64.2 Å². The van der Waals surface area contributed by atoms with Gasteiger partial charge in [0.1, 0.15) is 5.75 Å². The first-order valence-electron chi connectivity index (χ1n) is 10.7. The van der Waals surface area contributed by atoms with Crippen LogP contribution in [0.15, 0.2) is 42.5 Å². The van der Waals surface area contributed by atoms with Gasteiger partial charge in [0.05, 0.1) is 6.61 Å². The summed E-state index contributed by atoms with van der Waals surface area (Å²) in [5, 5.41) is 0.759. The average molecular weight is 413 g/mol. The molecule has 2 aromatic rings. The number of likely N-dealkylation sites (tertiary alicyclic amines) is 1. The molecule has 0 spiro atoms. The Morgan fingerprint density at radius 3 is 2.55 bits per heavy atom. The molecule has 1 saturated heterocycles. The molecule has 2 aliphatic rings. The lowest BCUT2D eigenvalue weighted by atomic mass is 9.99. The Hall–Kier alpha value is -2.04. The number of carbonyl (C=O) groups is 1. The highest BCUT2D eigenvalue weighted by Crippen LogP contribution is 2.24. The van der Waals surface area contributed by atoms with E-state index in [2.05, 4.69) is 4.90 Å². The van der Waals surface area contributed by atoms with Gasteiger partial charge in [0.15, 0.2) is 0 Å². The third-order valence-electron chi connectivity index (χ3n) is 5.91. The smallest absolute Gasteiger partial charge is 0.254 e. The van der Waals surface area contributed by atoms with Gasteiger partial charge in [-0.1, -0.05) is 24.1 Å². The first-order chi connectivity index (χ1) is 14.2. The number of fused-ring (bicyclic) bond motifs is 1. The molecule has 5 heteroatoms. The second-order valence-corrected chi connectivity index (χ2v) is 8.45. The molecular weight excluding hydrogens is 384 g/mol. The molecule has 0 aliphatic carbocycles. The number of carbonyl (C=O) groups excluding carboxylic acids is 1. The molecule has 2 heterocycles. The minimum Gasteiger partial charge on any atom is -0.494 e. The number of piperidine rings is 1. The Morgan fingerprint density at radius 1 is 0.966 bits per heavy atom. The number of hydrogen-bond acceptors (Lipinski definition) is 3. The van der Waals surface area contributed by atoms with Gasteiger partial charge in [-0.3, -0.25) is 4.79 Å². The Kier molecular flexibility index (Phi) is 6.73. The summed E-state index contributed by atoms with van der Waals surface area (Å²) in [6, 6.07) is 13.5. The molecular formula is C24H29ClN2O2. The predicted molar refractivity (Wildman–Crippen MR) is 117 cm³/mol. The van der Waals surface area contributed by atoms with Crippen molar-refractivity contribution < 1.29 is 9.53 Å². The topological polar surface area (TPSA) is 32.8 Å². The van der Waals surface area contributed by atoms with Crippen LogP contribution in [0.2, 0.25) is 5.02 Å². The molecule has 0 bridgehead atoms. The molecule has 154 valence electrons. The summed E-state index contributed by atoms with van der Waals surface area (Å²) >= 11 is 6.08. The number of halogens is 1. The first kappa shape index (κ1) is 20.2. The molecule has 4 rings (SSSR count). The molecule has 2 aromatic carbocycles. The first-order valence-corrected chi connectivity index (χ1v) is 11.1. The standard InChI is InChI=1S/C24H29ClN2O2/c25-22-8-5-21-18-27(15-11-20(21)17-22)24(28)19-6-9-23(10-7-19)29-16-4-14-26-12-2-1-3-13-26/h5-10,17H,1-4,11-16,18H2. The Balaban J connectivity index is 1.26. The van der Waals surface area contributed by atoms with Crippen molar-refractivity contribution in [2.75, 3.05) is 32.8 Å². The second-order valence-electron chi connectivity index (χ2n) is 8.02. The predicted octanol–water partition coefficient (Wildman–Crippen LogP) is 4.79. The monoisotopic (exact) mass is 412 g/mol. The van der Waals surface area contributed by atoms with Crippen molar-refractivity contribution in [1.29, 1.82) is 0 Å². The lowest BCUT2D eigenvalue weighted by molar-refractivity contribution is 0.0734. The van der Waals surface area contributed by atoms with Crippen molar-refractivity contribution in [1.82, 2.24) is 9.80 Å². The van der Waals surface area contributed by atoms with Crippen molar-refractivity contribution in [3.8, 4) is 5.75 Å². The van der Waals surface area contributed by atoms with Gasteiger partial charge in [0.25, 0.3) is 5.91 Å². The molecule has 0 aromatic heterocycles. The highest BCUT2D eigenvalue weighted by atomic mass is 35.5. The Morgan fingerprint density at radius 2 is 1.76 bits per heavy atom. The maximum absolute atomic E-state index is 12.9. The highest BCUT2D eigenvalue weighted by Gasteiger charge is 2.22. The van der Waals surface area contributed by atoms with Gasteiger partial charge in [0.2, 0.25) is 0 Å². The van der Waals surface area contributed by atoms with E-state index < -0.39 is 0 Å². The fourth-order valence-corrected chi connectivity index (χ4v) is 4.43. The van der Waals surface area contributed by atoms with Gasteiger partial charge in [-0.05, 0) is 86.3 Å². The van der Waals surface area contributed by atoms with E-state index in [1.807, 2.05) is 47.4 Å². The van der Waals surface area contributed by atoms with E-state index in [9.17, 15) is 4.79 Å². The molecule has 0 radical (unpaired) electrons. The summed E-state index contributed by atoms with van der Waals surface area (Å²) in [5.41, 5.74) is 3.14. The zero-order valence-corrected chi connectivity index (χ0v) is 17.7. The minimum absolute atomic E-state index is 0.0715. The van der Waals surface area contributed by atoms with E-state index in [0.29, 0.717) is 12.1 Å². The molecule has 2 aliphatic heterocycles.